The Morgan fingerprint density at radius 3 is 2.51 bits per heavy atom. The first-order valence-electron chi connectivity index (χ1n) is 12.1. The Hall–Kier alpha value is -3.84. The molecular weight excluding hydrogens is 438 g/mol. The molecule has 4 aromatic rings. The summed E-state index contributed by atoms with van der Waals surface area (Å²) in [5.74, 6) is -0.200. The second kappa shape index (κ2) is 10.6. The van der Waals surface area contributed by atoms with Crippen LogP contribution in [0.3, 0.4) is 0 Å². The Balaban J connectivity index is 1.20. The summed E-state index contributed by atoms with van der Waals surface area (Å²) in [7, 11) is 0. The molecule has 0 bridgehead atoms. The van der Waals surface area contributed by atoms with Gasteiger partial charge in [0.15, 0.2) is 0 Å². The fourth-order valence-electron chi connectivity index (χ4n) is 4.70. The minimum absolute atomic E-state index is 0.0932. The smallest absolute Gasteiger partial charge is 0.275 e. The van der Waals surface area contributed by atoms with E-state index in [2.05, 4.69) is 44.6 Å². The van der Waals surface area contributed by atoms with Crippen LogP contribution in [0.1, 0.15) is 28.8 Å². The molecule has 3 heterocycles. The van der Waals surface area contributed by atoms with Crippen molar-refractivity contribution in [2.75, 3.05) is 19.6 Å². The van der Waals surface area contributed by atoms with E-state index < -0.39 is 0 Å². The lowest BCUT2D eigenvalue weighted by Gasteiger charge is -2.28. The number of pyridine rings is 1. The van der Waals surface area contributed by atoms with Gasteiger partial charge in [0.05, 0.1) is 11.1 Å². The number of nitrogens with zero attached hydrogens (tertiary/aromatic N) is 4. The van der Waals surface area contributed by atoms with Gasteiger partial charge in [0.25, 0.3) is 5.56 Å². The first kappa shape index (κ1) is 22.9. The largest absolute Gasteiger partial charge is 0.354 e. The fourth-order valence-corrected chi connectivity index (χ4v) is 4.70. The first-order valence-corrected chi connectivity index (χ1v) is 12.1. The molecule has 7 heteroatoms. The van der Waals surface area contributed by atoms with Crippen LogP contribution >= 0.6 is 0 Å². The molecule has 35 heavy (non-hydrogen) atoms. The third-order valence-corrected chi connectivity index (χ3v) is 6.54. The maximum absolute atomic E-state index is 13.0. The third kappa shape index (κ3) is 5.46. The van der Waals surface area contributed by atoms with Gasteiger partial charge in [0.2, 0.25) is 5.91 Å². The Labute approximate surface area is 204 Å². The molecule has 0 saturated carbocycles. The highest BCUT2D eigenvalue weighted by Crippen LogP contribution is 2.18. The average molecular weight is 468 g/mol. The summed E-state index contributed by atoms with van der Waals surface area (Å²) in [6, 6.07) is 19.9. The molecule has 0 aliphatic carbocycles. The lowest BCUT2D eigenvalue weighted by atomic mass is 10.00. The van der Waals surface area contributed by atoms with E-state index in [1.54, 1.807) is 18.5 Å². The van der Waals surface area contributed by atoms with Crippen LogP contribution < -0.4 is 10.9 Å². The minimum Gasteiger partial charge on any atom is -0.354 e. The number of aromatic nitrogens is 3. The molecule has 0 spiro atoms. The molecule has 178 valence electrons. The summed E-state index contributed by atoms with van der Waals surface area (Å²) >= 11 is 0. The van der Waals surface area contributed by atoms with Gasteiger partial charge in [0, 0.05) is 50.4 Å². The van der Waals surface area contributed by atoms with Crippen LogP contribution in [-0.2, 0) is 30.7 Å². The molecule has 1 aliphatic rings. The maximum Gasteiger partial charge on any atom is 0.275 e. The molecule has 0 saturated heterocycles. The maximum atomic E-state index is 13.0. The Bertz CT molecular complexity index is 1380. The van der Waals surface area contributed by atoms with Gasteiger partial charge >= 0.3 is 0 Å². The third-order valence-electron chi connectivity index (χ3n) is 6.54. The van der Waals surface area contributed by atoms with Crippen molar-refractivity contribution < 1.29 is 4.79 Å². The highest BCUT2D eigenvalue weighted by atomic mass is 16.2. The van der Waals surface area contributed by atoms with Crippen LogP contribution in [0.2, 0.25) is 0 Å². The van der Waals surface area contributed by atoms with Crippen molar-refractivity contribution in [3.05, 3.63) is 106 Å². The average Bonchev–Trinajstić information content (AvgIpc) is 2.90. The van der Waals surface area contributed by atoms with E-state index in [0.29, 0.717) is 18.4 Å². The van der Waals surface area contributed by atoms with E-state index in [1.165, 1.54) is 15.8 Å². The molecule has 1 aliphatic heterocycles. The van der Waals surface area contributed by atoms with Crippen molar-refractivity contribution >= 4 is 16.7 Å². The van der Waals surface area contributed by atoms with Gasteiger partial charge in [-0.2, -0.15) is 5.10 Å². The van der Waals surface area contributed by atoms with Crippen molar-refractivity contribution in [2.24, 2.45) is 0 Å². The van der Waals surface area contributed by atoms with E-state index >= 15 is 0 Å². The number of carbonyl (C=O) groups excluding carboxylic acids is 1. The van der Waals surface area contributed by atoms with E-state index in [0.717, 1.165) is 49.1 Å². The normalized spacial score (nSPS) is 13.5. The number of benzene rings is 2. The van der Waals surface area contributed by atoms with Gasteiger partial charge in [-0.25, -0.2) is 4.68 Å². The Morgan fingerprint density at radius 2 is 1.69 bits per heavy atom. The molecule has 0 radical (unpaired) electrons. The summed E-state index contributed by atoms with van der Waals surface area (Å²) < 4.78 is 1.29. The summed E-state index contributed by atoms with van der Waals surface area (Å²) in [5.41, 5.74) is 4.40. The standard InChI is InChI=1S/C28H29N5O2/c34-27(30-13-5-16-32-17-12-22-6-1-2-7-23(22)19-32)20-33-28(35)25-9-4-3-8-24(25)26(31-33)18-21-10-14-29-15-11-21/h1-4,6-11,14-15H,5,12-13,16-20H2,(H,30,34). The molecule has 2 aromatic carbocycles. The van der Waals surface area contributed by atoms with Crippen LogP contribution in [-0.4, -0.2) is 45.2 Å². The van der Waals surface area contributed by atoms with Crippen molar-refractivity contribution in [1.82, 2.24) is 25.0 Å². The van der Waals surface area contributed by atoms with Crippen LogP contribution in [0.5, 0.6) is 0 Å². The summed E-state index contributed by atoms with van der Waals surface area (Å²) in [4.78, 5) is 32.2. The second-order valence-corrected chi connectivity index (χ2v) is 8.99. The van der Waals surface area contributed by atoms with Crippen molar-refractivity contribution in [3.63, 3.8) is 0 Å². The molecule has 0 atom stereocenters. The number of hydrogen-bond acceptors (Lipinski definition) is 5. The molecule has 1 N–H and O–H groups in total. The van der Waals surface area contributed by atoms with Gasteiger partial charge < -0.3 is 5.32 Å². The van der Waals surface area contributed by atoms with Gasteiger partial charge in [-0.1, -0.05) is 42.5 Å². The second-order valence-electron chi connectivity index (χ2n) is 8.99. The molecular formula is C28H29N5O2. The summed E-state index contributed by atoms with van der Waals surface area (Å²) in [6.07, 6.45) is 5.97. The molecule has 5 rings (SSSR count). The van der Waals surface area contributed by atoms with E-state index in [9.17, 15) is 9.59 Å². The van der Waals surface area contributed by atoms with Crippen molar-refractivity contribution in [2.45, 2.75) is 32.4 Å². The number of nitrogens with one attached hydrogen (secondary N) is 1. The first-order chi connectivity index (χ1) is 17.2. The van der Waals surface area contributed by atoms with E-state index in [1.807, 2.05) is 30.3 Å². The highest BCUT2D eigenvalue weighted by molar-refractivity contribution is 5.84. The zero-order chi connectivity index (χ0) is 24.0. The lowest BCUT2D eigenvalue weighted by molar-refractivity contribution is -0.121. The lowest BCUT2D eigenvalue weighted by Crippen LogP contribution is -2.36. The van der Waals surface area contributed by atoms with Gasteiger partial charge in [-0.3, -0.25) is 19.5 Å². The molecule has 0 unspecified atom stereocenters. The highest BCUT2D eigenvalue weighted by Gasteiger charge is 2.16. The summed E-state index contributed by atoms with van der Waals surface area (Å²) in [6.45, 7) is 3.41. The monoisotopic (exact) mass is 467 g/mol. The zero-order valence-electron chi connectivity index (χ0n) is 19.7. The number of amides is 1. The van der Waals surface area contributed by atoms with E-state index in [4.69, 9.17) is 0 Å². The van der Waals surface area contributed by atoms with Crippen LogP contribution in [0.25, 0.3) is 10.8 Å². The van der Waals surface area contributed by atoms with E-state index in [-0.39, 0.29) is 18.0 Å². The molecule has 2 aromatic heterocycles. The predicted octanol–water partition coefficient (Wildman–Crippen LogP) is 2.95. The SMILES string of the molecule is O=C(Cn1nc(Cc2ccncc2)c2ccccc2c1=O)NCCCN1CCc2ccccc2C1. The Morgan fingerprint density at radius 1 is 0.943 bits per heavy atom. The predicted molar refractivity (Wildman–Crippen MR) is 136 cm³/mol. The van der Waals surface area contributed by atoms with Crippen molar-refractivity contribution in [1.29, 1.82) is 0 Å². The summed E-state index contributed by atoms with van der Waals surface area (Å²) in [5, 5.41) is 8.92. The minimum atomic E-state index is -0.249. The molecule has 7 nitrogen and oxygen atoms in total. The molecule has 1 amide bonds. The van der Waals surface area contributed by atoms with Gasteiger partial charge in [0.1, 0.15) is 6.54 Å². The number of hydrogen-bond donors (Lipinski definition) is 1. The zero-order valence-corrected chi connectivity index (χ0v) is 19.7. The number of rotatable bonds is 8. The Kier molecular flexibility index (Phi) is 6.95. The van der Waals surface area contributed by atoms with Crippen LogP contribution in [0.4, 0.5) is 0 Å². The van der Waals surface area contributed by atoms with Gasteiger partial charge in [-0.05, 0) is 47.7 Å². The topological polar surface area (TPSA) is 80.1 Å². The fraction of sp³-hybridized carbons (Fsp3) is 0.286. The van der Waals surface area contributed by atoms with Crippen LogP contribution in [0.15, 0.2) is 77.9 Å². The van der Waals surface area contributed by atoms with Gasteiger partial charge in [-0.15, -0.1) is 0 Å². The van der Waals surface area contributed by atoms with Crippen LogP contribution in [0, 0.1) is 0 Å². The number of fused-ring (bicyclic) bond motifs is 2. The van der Waals surface area contributed by atoms with Crippen molar-refractivity contribution in [3.8, 4) is 0 Å². The quantitative estimate of drug-likeness (QED) is 0.403. The molecule has 0 fully saturated rings. The number of carbonyl (C=O) groups is 1.